The highest BCUT2D eigenvalue weighted by Gasteiger charge is 2.09. The maximum atomic E-state index is 10.9. The number of allylic oxidation sites excluding steroid dienone is 1. The second kappa shape index (κ2) is 7.52. The lowest BCUT2D eigenvalue weighted by atomic mass is 10.4. The highest BCUT2D eigenvalue weighted by molar-refractivity contribution is 7.99. The summed E-state index contributed by atoms with van der Waals surface area (Å²) in [5, 5.41) is 26.1. The summed E-state index contributed by atoms with van der Waals surface area (Å²) in [6, 6.07) is 0. The monoisotopic (exact) mass is 237 g/mol. The molecule has 0 aromatic rings. The fourth-order valence-corrected chi connectivity index (χ4v) is 1.28. The number of esters is 1. The van der Waals surface area contributed by atoms with Crippen LogP contribution in [-0.2, 0) is 9.53 Å². The highest BCUT2D eigenvalue weighted by atomic mass is 32.2. The van der Waals surface area contributed by atoms with E-state index in [2.05, 4.69) is 4.74 Å². The number of nitrogens with two attached hydrogens (primary N) is 1. The zero-order valence-corrected chi connectivity index (χ0v) is 9.11. The molecule has 0 bridgehead atoms. The Morgan fingerprint density at radius 3 is 2.53 bits per heavy atom. The summed E-state index contributed by atoms with van der Waals surface area (Å²) >= 11 is 1.05. The van der Waals surface area contributed by atoms with Crippen molar-refractivity contribution in [3.8, 4) is 0 Å². The number of aliphatic hydroxyl groups excluding tert-OH is 2. The Morgan fingerprint density at radius 2 is 2.07 bits per heavy atom. The zero-order chi connectivity index (χ0) is 11.8. The van der Waals surface area contributed by atoms with Gasteiger partial charge in [-0.1, -0.05) is 0 Å². The molecule has 0 fully saturated rings. The average molecular weight is 237 g/mol. The molecule has 15 heavy (non-hydrogen) atoms. The molecule has 0 amide bonds. The van der Waals surface area contributed by atoms with E-state index in [4.69, 9.17) is 21.1 Å². The van der Waals surface area contributed by atoms with Gasteiger partial charge in [-0.3, -0.25) is 0 Å². The first-order valence-electron chi connectivity index (χ1n) is 4.18. The molecule has 0 saturated heterocycles. The predicted molar refractivity (Wildman–Crippen MR) is 55.6 cm³/mol. The van der Waals surface area contributed by atoms with Crippen LogP contribution >= 0.6 is 11.8 Å². The molecule has 0 saturated carbocycles. The molecule has 88 valence electrons. The molecule has 5 N–H and O–H groups in total. The Bertz CT molecular complexity index is 227. The first-order valence-corrected chi connectivity index (χ1v) is 5.33. The van der Waals surface area contributed by atoms with Crippen molar-refractivity contribution in [2.75, 3.05) is 11.5 Å². The van der Waals surface area contributed by atoms with E-state index in [1.807, 2.05) is 0 Å². The standard InChI is InChI=1S/C8H15NO5S/c1-5(9)2-7(12)14-8(13)4-15-3-6(10)11/h2,6,8,10-11,13H,3-4,9H2,1H3/b5-2-. The van der Waals surface area contributed by atoms with E-state index in [0.717, 1.165) is 17.8 Å². The molecule has 1 unspecified atom stereocenters. The number of rotatable bonds is 6. The number of aliphatic hydroxyl groups is 3. The van der Waals surface area contributed by atoms with Crippen LogP contribution < -0.4 is 5.73 Å². The van der Waals surface area contributed by atoms with Crippen molar-refractivity contribution in [2.24, 2.45) is 5.73 Å². The molecule has 0 aliphatic rings. The van der Waals surface area contributed by atoms with Crippen molar-refractivity contribution in [3.63, 3.8) is 0 Å². The Hall–Kier alpha value is -0.760. The highest BCUT2D eigenvalue weighted by Crippen LogP contribution is 2.05. The van der Waals surface area contributed by atoms with Gasteiger partial charge in [-0.2, -0.15) is 11.8 Å². The van der Waals surface area contributed by atoms with Crippen LogP contribution in [0.25, 0.3) is 0 Å². The van der Waals surface area contributed by atoms with Crippen LogP contribution in [0.3, 0.4) is 0 Å². The maximum absolute atomic E-state index is 10.9. The van der Waals surface area contributed by atoms with E-state index in [1.165, 1.54) is 6.92 Å². The van der Waals surface area contributed by atoms with Gasteiger partial charge in [-0.15, -0.1) is 0 Å². The smallest absolute Gasteiger partial charge is 0.334 e. The van der Waals surface area contributed by atoms with E-state index in [0.29, 0.717) is 0 Å². The molecule has 0 aromatic carbocycles. The fraction of sp³-hybridized carbons (Fsp3) is 0.625. The van der Waals surface area contributed by atoms with Gasteiger partial charge in [0, 0.05) is 17.5 Å². The molecule has 7 heteroatoms. The van der Waals surface area contributed by atoms with Gasteiger partial charge in [0.2, 0.25) is 6.29 Å². The zero-order valence-electron chi connectivity index (χ0n) is 8.29. The number of hydrogen-bond donors (Lipinski definition) is 4. The predicted octanol–water partition coefficient (Wildman–Crippen LogP) is -1.25. The van der Waals surface area contributed by atoms with Gasteiger partial charge in [0.05, 0.1) is 5.75 Å². The first kappa shape index (κ1) is 14.2. The van der Waals surface area contributed by atoms with Crippen LogP contribution in [0.5, 0.6) is 0 Å². The van der Waals surface area contributed by atoms with E-state index >= 15 is 0 Å². The summed E-state index contributed by atoms with van der Waals surface area (Å²) in [7, 11) is 0. The van der Waals surface area contributed by atoms with Gasteiger partial charge in [0.1, 0.15) is 0 Å². The van der Waals surface area contributed by atoms with Crippen molar-refractivity contribution in [3.05, 3.63) is 11.8 Å². The fourth-order valence-electron chi connectivity index (χ4n) is 0.662. The van der Waals surface area contributed by atoms with E-state index in [1.54, 1.807) is 0 Å². The largest absolute Gasteiger partial charge is 0.432 e. The quantitative estimate of drug-likeness (QED) is 0.259. The molecule has 0 spiro atoms. The second-order valence-corrected chi connectivity index (χ2v) is 3.87. The van der Waals surface area contributed by atoms with Crippen molar-refractivity contribution in [1.82, 2.24) is 0 Å². The number of thioether (sulfide) groups is 1. The molecule has 6 nitrogen and oxygen atoms in total. The van der Waals surface area contributed by atoms with Crippen LogP contribution in [0.2, 0.25) is 0 Å². The molecule has 0 aliphatic heterocycles. The minimum atomic E-state index is -1.44. The third-order valence-corrected chi connectivity index (χ3v) is 2.18. The van der Waals surface area contributed by atoms with Crippen molar-refractivity contribution < 1.29 is 24.9 Å². The van der Waals surface area contributed by atoms with Gasteiger partial charge in [-0.25, -0.2) is 4.79 Å². The first-order chi connectivity index (χ1) is 6.91. The topological polar surface area (TPSA) is 113 Å². The van der Waals surface area contributed by atoms with Crippen LogP contribution in [0, 0.1) is 0 Å². The van der Waals surface area contributed by atoms with Gasteiger partial charge in [-0.05, 0) is 6.92 Å². The molecule has 0 radical (unpaired) electrons. The van der Waals surface area contributed by atoms with Gasteiger partial charge >= 0.3 is 5.97 Å². The van der Waals surface area contributed by atoms with E-state index in [9.17, 15) is 4.79 Å². The number of ether oxygens (including phenoxy) is 1. The average Bonchev–Trinajstić information content (AvgIpc) is 2.00. The normalized spacial score (nSPS) is 14.1. The molecule has 0 aromatic heterocycles. The Kier molecular flexibility index (Phi) is 7.14. The van der Waals surface area contributed by atoms with Crippen LogP contribution in [0.4, 0.5) is 0 Å². The summed E-state index contributed by atoms with van der Waals surface area (Å²) in [5.41, 5.74) is 5.50. The van der Waals surface area contributed by atoms with Gasteiger partial charge in [0.15, 0.2) is 6.29 Å². The van der Waals surface area contributed by atoms with Crippen LogP contribution in [0.15, 0.2) is 11.8 Å². The van der Waals surface area contributed by atoms with Crippen molar-refractivity contribution >= 4 is 17.7 Å². The Labute approximate surface area is 91.7 Å². The van der Waals surface area contributed by atoms with Crippen molar-refractivity contribution in [2.45, 2.75) is 19.5 Å². The van der Waals surface area contributed by atoms with E-state index < -0.39 is 18.5 Å². The molecule has 0 aliphatic carbocycles. The maximum Gasteiger partial charge on any atom is 0.334 e. The summed E-state index contributed by atoms with van der Waals surface area (Å²) in [5.74, 6) is -0.617. The summed E-state index contributed by atoms with van der Waals surface area (Å²) in [6.07, 6.45) is -1.67. The van der Waals surface area contributed by atoms with E-state index in [-0.39, 0.29) is 17.2 Å². The van der Waals surface area contributed by atoms with Gasteiger partial charge < -0.3 is 25.8 Å². The van der Waals surface area contributed by atoms with Crippen LogP contribution in [-0.4, -0.2) is 45.4 Å². The molecule has 0 rings (SSSR count). The Morgan fingerprint density at radius 1 is 1.47 bits per heavy atom. The number of carbonyl (C=O) groups excluding carboxylic acids is 1. The summed E-state index contributed by atoms with van der Waals surface area (Å²) in [4.78, 5) is 10.9. The van der Waals surface area contributed by atoms with Crippen molar-refractivity contribution in [1.29, 1.82) is 0 Å². The minimum Gasteiger partial charge on any atom is -0.432 e. The lowest BCUT2D eigenvalue weighted by Crippen LogP contribution is -2.20. The third-order valence-electron chi connectivity index (χ3n) is 1.13. The summed E-state index contributed by atoms with van der Waals surface area (Å²) < 4.78 is 4.52. The summed E-state index contributed by atoms with van der Waals surface area (Å²) in [6.45, 7) is 1.52. The molecular weight excluding hydrogens is 222 g/mol. The molecule has 1 atom stereocenters. The molecular formula is C8H15NO5S. The lowest BCUT2D eigenvalue weighted by molar-refractivity contribution is -0.157. The minimum absolute atomic E-state index is 0.0420. The Balaban J connectivity index is 3.69. The second-order valence-electron chi connectivity index (χ2n) is 2.80. The number of hydrogen-bond acceptors (Lipinski definition) is 7. The van der Waals surface area contributed by atoms with Crippen LogP contribution in [0.1, 0.15) is 6.92 Å². The lowest BCUT2D eigenvalue weighted by Gasteiger charge is -2.10. The van der Waals surface area contributed by atoms with Gasteiger partial charge in [0.25, 0.3) is 0 Å². The molecule has 0 heterocycles. The third kappa shape index (κ3) is 9.54. The SMILES string of the molecule is C/C(N)=C/C(=O)OC(O)CSCC(O)O. The number of carbonyl (C=O) groups is 1.